The van der Waals surface area contributed by atoms with E-state index in [4.69, 9.17) is 4.74 Å². The van der Waals surface area contributed by atoms with Crippen LogP contribution in [0, 0.1) is 10.1 Å². The number of benzene rings is 2. The van der Waals surface area contributed by atoms with E-state index in [1.54, 1.807) is 24.4 Å². The van der Waals surface area contributed by atoms with Crippen LogP contribution < -0.4 is 10.9 Å². The van der Waals surface area contributed by atoms with Crippen molar-refractivity contribution < 1.29 is 19.6 Å². The monoisotopic (exact) mass is 488 g/mol. The summed E-state index contributed by atoms with van der Waals surface area (Å²) < 4.78 is 6.28. The van der Waals surface area contributed by atoms with E-state index in [0.717, 1.165) is 11.1 Å². The van der Waals surface area contributed by atoms with Gasteiger partial charge in [0.1, 0.15) is 11.1 Å². The number of carbonyl (C=O) groups is 1. The van der Waals surface area contributed by atoms with Gasteiger partial charge in [-0.05, 0) is 29.2 Å². The number of aromatic hydroxyl groups is 1. The summed E-state index contributed by atoms with van der Waals surface area (Å²) >= 11 is 0. The molecule has 0 atom stereocenters. The van der Waals surface area contributed by atoms with Gasteiger partial charge in [0.2, 0.25) is 0 Å². The van der Waals surface area contributed by atoms with Gasteiger partial charge in [-0.15, -0.1) is 0 Å². The summed E-state index contributed by atoms with van der Waals surface area (Å²) in [6.07, 6.45) is 2.15. The van der Waals surface area contributed by atoms with Gasteiger partial charge in [0.05, 0.1) is 23.6 Å². The third kappa shape index (κ3) is 5.23. The van der Waals surface area contributed by atoms with Gasteiger partial charge in [-0.3, -0.25) is 24.7 Å². The van der Waals surface area contributed by atoms with Gasteiger partial charge in [-0.1, -0.05) is 42.5 Å². The standard InChI is InChI=1S/C26H24N4O6/c1-36-12-11-27-25(32)22-24(31)23-21(14-19(15-28-23)13-17-5-3-2-4-6-17)29(26(22)33)16-18-7-9-20(10-8-18)30(34)35/h2-10,14-15,31H,11-13,16H2,1H3,(H,27,32). The summed E-state index contributed by atoms with van der Waals surface area (Å²) in [4.78, 5) is 41.2. The van der Waals surface area contributed by atoms with Gasteiger partial charge >= 0.3 is 0 Å². The molecule has 0 fully saturated rings. The van der Waals surface area contributed by atoms with E-state index >= 15 is 0 Å². The van der Waals surface area contributed by atoms with Crippen LogP contribution in [0.25, 0.3) is 11.0 Å². The Balaban J connectivity index is 1.83. The molecule has 2 aromatic heterocycles. The number of hydrogen-bond acceptors (Lipinski definition) is 7. The predicted molar refractivity (Wildman–Crippen MR) is 133 cm³/mol. The lowest BCUT2D eigenvalue weighted by Gasteiger charge is -2.16. The molecule has 0 aliphatic heterocycles. The Kier molecular flexibility index (Phi) is 7.36. The highest BCUT2D eigenvalue weighted by Gasteiger charge is 2.23. The molecule has 2 heterocycles. The maximum Gasteiger partial charge on any atom is 0.269 e. The number of methoxy groups -OCH3 is 1. The van der Waals surface area contributed by atoms with Crippen LogP contribution in [-0.4, -0.2) is 45.7 Å². The third-order valence-corrected chi connectivity index (χ3v) is 5.69. The van der Waals surface area contributed by atoms with E-state index in [2.05, 4.69) is 10.3 Å². The highest BCUT2D eigenvalue weighted by Crippen LogP contribution is 2.27. The van der Waals surface area contributed by atoms with Crippen molar-refractivity contribution in [2.24, 2.45) is 0 Å². The Morgan fingerprint density at radius 2 is 1.83 bits per heavy atom. The summed E-state index contributed by atoms with van der Waals surface area (Å²) in [6.45, 7) is 0.401. The lowest BCUT2D eigenvalue weighted by Crippen LogP contribution is -2.35. The first-order valence-corrected chi connectivity index (χ1v) is 11.2. The molecule has 10 nitrogen and oxygen atoms in total. The zero-order valence-electron chi connectivity index (χ0n) is 19.5. The van der Waals surface area contributed by atoms with Crippen molar-refractivity contribution in [2.75, 3.05) is 20.3 Å². The molecule has 4 rings (SSSR count). The molecule has 0 saturated carbocycles. The zero-order valence-corrected chi connectivity index (χ0v) is 19.5. The second-order valence-corrected chi connectivity index (χ2v) is 8.16. The van der Waals surface area contributed by atoms with Crippen LogP contribution in [0.2, 0.25) is 0 Å². The summed E-state index contributed by atoms with van der Waals surface area (Å²) in [6, 6.07) is 17.3. The van der Waals surface area contributed by atoms with Crippen LogP contribution in [0.3, 0.4) is 0 Å². The molecule has 0 aliphatic rings. The lowest BCUT2D eigenvalue weighted by molar-refractivity contribution is -0.384. The van der Waals surface area contributed by atoms with Crippen molar-refractivity contribution in [2.45, 2.75) is 13.0 Å². The molecule has 184 valence electrons. The Morgan fingerprint density at radius 3 is 2.50 bits per heavy atom. The average Bonchev–Trinajstić information content (AvgIpc) is 2.87. The highest BCUT2D eigenvalue weighted by atomic mass is 16.6. The number of nitro benzene ring substituents is 1. The second kappa shape index (κ2) is 10.8. The predicted octanol–water partition coefficient (Wildman–Crippen LogP) is 3.03. The highest BCUT2D eigenvalue weighted by molar-refractivity contribution is 6.01. The number of hydrogen-bond donors (Lipinski definition) is 2. The molecule has 2 aromatic carbocycles. The minimum absolute atomic E-state index is 0.0163. The fraction of sp³-hybridized carbons (Fsp3) is 0.192. The van der Waals surface area contributed by atoms with Crippen LogP contribution in [0.1, 0.15) is 27.0 Å². The molecule has 0 radical (unpaired) electrons. The van der Waals surface area contributed by atoms with Crippen LogP contribution in [0.4, 0.5) is 5.69 Å². The molecule has 0 spiro atoms. The topological polar surface area (TPSA) is 137 Å². The molecule has 2 N–H and O–H groups in total. The minimum Gasteiger partial charge on any atom is -0.505 e. The molecule has 0 bridgehead atoms. The van der Waals surface area contributed by atoms with Crippen LogP contribution in [0.15, 0.2) is 71.7 Å². The maximum absolute atomic E-state index is 13.5. The fourth-order valence-corrected chi connectivity index (χ4v) is 3.90. The SMILES string of the molecule is COCCNC(=O)c1c(O)c2ncc(Cc3ccccc3)cc2n(Cc2ccc([N+](=O)[O-])cc2)c1=O. The fourth-order valence-electron chi connectivity index (χ4n) is 3.90. The number of nitrogens with one attached hydrogen (secondary N) is 1. The van der Waals surface area contributed by atoms with Gasteiger partial charge in [0.15, 0.2) is 5.75 Å². The van der Waals surface area contributed by atoms with Crippen molar-refractivity contribution in [1.82, 2.24) is 14.9 Å². The summed E-state index contributed by atoms with van der Waals surface area (Å²) in [5.74, 6) is -1.25. The number of non-ortho nitro benzene ring substituents is 1. The molecular formula is C26H24N4O6. The molecule has 36 heavy (non-hydrogen) atoms. The first kappa shape index (κ1) is 24.6. The molecule has 4 aromatic rings. The first-order valence-electron chi connectivity index (χ1n) is 11.2. The quantitative estimate of drug-likeness (QED) is 0.210. The van der Waals surface area contributed by atoms with E-state index in [9.17, 15) is 24.8 Å². The van der Waals surface area contributed by atoms with Crippen molar-refractivity contribution in [1.29, 1.82) is 0 Å². The third-order valence-electron chi connectivity index (χ3n) is 5.69. The van der Waals surface area contributed by atoms with Gasteiger partial charge in [-0.25, -0.2) is 0 Å². The number of ether oxygens (including phenoxy) is 1. The van der Waals surface area contributed by atoms with Gasteiger partial charge in [-0.2, -0.15) is 0 Å². The van der Waals surface area contributed by atoms with E-state index in [1.807, 2.05) is 30.3 Å². The van der Waals surface area contributed by atoms with Gasteiger partial charge in [0.25, 0.3) is 17.2 Å². The number of pyridine rings is 2. The van der Waals surface area contributed by atoms with E-state index in [0.29, 0.717) is 17.5 Å². The summed E-state index contributed by atoms with van der Waals surface area (Å²) in [5.41, 5.74) is 1.70. The molecule has 0 saturated heterocycles. The van der Waals surface area contributed by atoms with Crippen LogP contribution in [0.5, 0.6) is 5.75 Å². The summed E-state index contributed by atoms with van der Waals surface area (Å²) in [7, 11) is 1.48. The van der Waals surface area contributed by atoms with Crippen molar-refractivity contribution in [3.05, 3.63) is 110 Å². The van der Waals surface area contributed by atoms with Gasteiger partial charge in [0, 0.05) is 32.0 Å². The minimum atomic E-state index is -0.746. The number of rotatable bonds is 9. The molecule has 10 heteroatoms. The number of amides is 1. The van der Waals surface area contributed by atoms with Crippen molar-refractivity contribution in [3.63, 3.8) is 0 Å². The second-order valence-electron chi connectivity index (χ2n) is 8.16. The maximum atomic E-state index is 13.5. The van der Waals surface area contributed by atoms with Gasteiger partial charge < -0.3 is 19.7 Å². The van der Waals surface area contributed by atoms with E-state index in [1.165, 1.54) is 23.8 Å². The largest absolute Gasteiger partial charge is 0.505 e. The smallest absolute Gasteiger partial charge is 0.269 e. The number of carbonyl (C=O) groups excluding carboxylic acids is 1. The molecule has 0 aliphatic carbocycles. The zero-order chi connectivity index (χ0) is 25.7. The van der Waals surface area contributed by atoms with Crippen LogP contribution in [-0.2, 0) is 17.7 Å². The van der Waals surface area contributed by atoms with E-state index in [-0.39, 0.29) is 30.9 Å². The van der Waals surface area contributed by atoms with Crippen LogP contribution >= 0.6 is 0 Å². The lowest BCUT2D eigenvalue weighted by atomic mass is 10.1. The van der Waals surface area contributed by atoms with E-state index < -0.39 is 27.7 Å². The molecule has 0 unspecified atom stereocenters. The Labute approximate surface area is 205 Å². The Hall–Kier alpha value is -4.57. The first-order chi connectivity index (χ1) is 17.4. The Bertz CT molecular complexity index is 1470. The number of nitro groups is 1. The molecular weight excluding hydrogens is 464 g/mol. The normalized spacial score (nSPS) is 10.9. The number of fused-ring (bicyclic) bond motifs is 1. The number of nitrogens with zero attached hydrogens (tertiary/aromatic N) is 3. The average molecular weight is 489 g/mol. The van der Waals surface area contributed by atoms with Crippen molar-refractivity contribution >= 4 is 22.6 Å². The number of aromatic nitrogens is 2. The Morgan fingerprint density at radius 1 is 1.11 bits per heavy atom. The van der Waals surface area contributed by atoms with Crippen molar-refractivity contribution in [3.8, 4) is 5.75 Å². The summed E-state index contributed by atoms with van der Waals surface area (Å²) in [5, 5.41) is 24.5. The molecule has 1 amide bonds.